The Kier molecular flexibility index (Phi) is 7.71. The van der Waals surface area contributed by atoms with Crippen molar-refractivity contribution in [1.29, 1.82) is 0 Å². The summed E-state index contributed by atoms with van der Waals surface area (Å²) in [5.41, 5.74) is 20.3. The molecular weight excluding hydrogens is 781 g/mol. The summed E-state index contributed by atoms with van der Waals surface area (Å²) < 4.78 is 0. The first-order valence-electron chi connectivity index (χ1n) is 22.8. The Balaban J connectivity index is 0.999. The molecule has 12 aromatic rings. The molecule has 0 aliphatic heterocycles. The highest BCUT2D eigenvalue weighted by atomic mass is 14.5. The number of benzene rings is 12. The topological polar surface area (TPSA) is 0 Å². The second-order valence-corrected chi connectivity index (χ2v) is 17.8. The van der Waals surface area contributed by atoms with Crippen molar-refractivity contribution < 1.29 is 0 Å². The molecule has 0 fully saturated rings. The Hall–Kier alpha value is -8.32. The van der Waals surface area contributed by atoms with Gasteiger partial charge in [0.25, 0.3) is 0 Å². The third kappa shape index (κ3) is 5.03. The van der Waals surface area contributed by atoms with E-state index in [1.807, 2.05) is 0 Å². The van der Waals surface area contributed by atoms with Crippen molar-refractivity contribution in [3.63, 3.8) is 0 Å². The number of hydrogen-bond acceptors (Lipinski definition) is 0. The molecule has 300 valence electrons. The van der Waals surface area contributed by atoms with E-state index in [9.17, 15) is 0 Å². The minimum absolute atomic E-state index is 0.388. The van der Waals surface area contributed by atoms with Gasteiger partial charge in [0.05, 0.1) is 5.41 Å². The van der Waals surface area contributed by atoms with E-state index in [1.54, 1.807) is 0 Å². The van der Waals surface area contributed by atoms with Gasteiger partial charge in [-0.3, -0.25) is 0 Å². The van der Waals surface area contributed by atoms with Crippen LogP contribution in [0.2, 0.25) is 0 Å². The summed E-state index contributed by atoms with van der Waals surface area (Å²) in [6.45, 7) is 0. The Morgan fingerprint density at radius 1 is 0.200 bits per heavy atom. The largest absolute Gasteiger partial charge is 0.0725 e. The SMILES string of the molecule is c1ccc(-c2c3ccccc3c(-c3cccc4ccccc34)c3cc(-c4cccc5c(-c6ccc7c(c6)C6(c8ccccc8-c8ccccc86)c6ccccc6-7)cccc45)ccc23)cc1. The first-order valence-corrected chi connectivity index (χ1v) is 22.8. The third-order valence-electron chi connectivity index (χ3n) is 14.7. The average Bonchev–Trinajstić information content (AvgIpc) is 3.85. The van der Waals surface area contributed by atoms with Gasteiger partial charge in [-0.25, -0.2) is 0 Å². The molecule has 1 spiro atoms. The van der Waals surface area contributed by atoms with E-state index >= 15 is 0 Å². The summed E-state index contributed by atoms with van der Waals surface area (Å²) in [6.07, 6.45) is 0. The molecular formula is C65H40. The van der Waals surface area contributed by atoms with Crippen LogP contribution in [-0.2, 0) is 5.41 Å². The Bertz CT molecular complexity index is 3870. The molecule has 0 radical (unpaired) electrons. The lowest BCUT2D eigenvalue weighted by Gasteiger charge is -2.30. The monoisotopic (exact) mass is 820 g/mol. The number of fused-ring (bicyclic) bond motifs is 14. The van der Waals surface area contributed by atoms with E-state index in [4.69, 9.17) is 0 Å². The van der Waals surface area contributed by atoms with Crippen molar-refractivity contribution in [1.82, 2.24) is 0 Å². The molecule has 12 aromatic carbocycles. The highest BCUT2D eigenvalue weighted by molar-refractivity contribution is 6.24. The van der Waals surface area contributed by atoms with Crippen LogP contribution < -0.4 is 0 Å². The zero-order chi connectivity index (χ0) is 42.6. The third-order valence-corrected chi connectivity index (χ3v) is 14.7. The molecule has 0 N–H and O–H groups in total. The Labute approximate surface area is 378 Å². The van der Waals surface area contributed by atoms with E-state index in [1.165, 1.54) is 132 Å². The first-order chi connectivity index (χ1) is 32.3. The smallest absolute Gasteiger partial charge is 0.0622 e. The second kappa shape index (κ2) is 13.8. The maximum absolute atomic E-state index is 2.51. The van der Waals surface area contributed by atoms with Gasteiger partial charge in [-0.1, -0.05) is 231 Å². The lowest BCUT2D eigenvalue weighted by molar-refractivity contribution is 0.794. The molecule has 0 aromatic heterocycles. The molecule has 0 amide bonds. The fourth-order valence-corrected chi connectivity index (χ4v) is 12.1. The molecule has 0 heterocycles. The van der Waals surface area contributed by atoms with Crippen LogP contribution in [0.3, 0.4) is 0 Å². The molecule has 65 heavy (non-hydrogen) atoms. The van der Waals surface area contributed by atoms with Crippen molar-refractivity contribution in [2.45, 2.75) is 5.41 Å². The fourth-order valence-electron chi connectivity index (χ4n) is 12.1. The highest BCUT2D eigenvalue weighted by Gasteiger charge is 2.51. The predicted molar refractivity (Wildman–Crippen MR) is 275 cm³/mol. The molecule has 0 bridgehead atoms. The number of rotatable bonds is 4. The van der Waals surface area contributed by atoms with Gasteiger partial charge in [-0.15, -0.1) is 0 Å². The minimum Gasteiger partial charge on any atom is -0.0622 e. The lowest BCUT2D eigenvalue weighted by Crippen LogP contribution is -2.25. The summed E-state index contributed by atoms with van der Waals surface area (Å²) in [4.78, 5) is 0. The van der Waals surface area contributed by atoms with Gasteiger partial charge < -0.3 is 0 Å². The molecule has 0 heteroatoms. The molecule has 0 nitrogen and oxygen atoms in total. The molecule has 2 aliphatic carbocycles. The standard InChI is InChI=1S/C65H40/c1-2-18-42(19-3-1)63-55-25-6-7-26-56(55)64(54-31-14-20-41-17-4-5-21-45(41)54)58-39-43(36-38-57(58)63)46-27-15-30-49-47(28-16-29-48(46)49)44-35-37-53-52-24-10-13-34-61(52)65(62(53)40-44)59-32-11-8-22-50(59)51-23-9-12-33-60(51)65/h1-40H. The van der Waals surface area contributed by atoms with Crippen molar-refractivity contribution in [3.8, 4) is 66.8 Å². The van der Waals surface area contributed by atoms with Crippen LogP contribution in [0.25, 0.3) is 110 Å². The van der Waals surface area contributed by atoms with Crippen molar-refractivity contribution >= 4 is 43.1 Å². The fraction of sp³-hybridized carbons (Fsp3) is 0.0154. The summed E-state index contributed by atoms with van der Waals surface area (Å²) in [6, 6.07) is 90.9. The zero-order valence-electron chi connectivity index (χ0n) is 35.6. The summed E-state index contributed by atoms with van der Waals surface area (Å²) >= 11 is 0. The maximum Gasteiger partial charge on any atom is 0.0725 e. The normalized spacial score (nSPS) is 13.0. The van der Waals surface area contributed by atoms with Gasteiger partial charge >= 0.3 is 0 Å². The van der Waals surface area contributed by atoms with Gasteiger partial charge in [0, 0.05) is 0 Å². The number of hydrogen-bond donors (Lipinski definition) is 0. The van der Waals surface area contributed by atoms with Crippen LogP contribution >= 0.6 is 0 Å². The molecule has 0 saturated heterocycles. The van der Waals surface area contributed by atoms with Gasteiger partial charge in [0.15, 0.2) is 0 Å². The predicted octanol–water partition coefficient (Wildman–Crippen LogP) is 17.3. The van der Waals surface area contributed by atoms with E-state index in [0.717, 1.165) is 0 Å². The zero-order valence-corrected chi connectivity index (χ0v) is 35.6. The summed E-state index contributed by atoms with van der Waals surface area (Å²) in [7, 11) is 0. The van der Waals surface area contributed by atoms with Crippen LogP contribution in [-0.4, -0.2) is 0 Å². The second-order valence-electron chi connectivity index (χ2n) is 17.8. The van der Waals surface area contributed by atoms with Crippen LogP contribution in [0.5, 0.6) is 0 Å². The van der Waals surface area contributed by atoms with Gasteiger partial charge in [0.2, 0.25) is 0 Å². The lowest BCUT2D eigenvalue weighted by atomic mass is 9.70. The minimum atomic E-state index is -0.388. The molecule has 0 atom stereocenters. The highest BCUT2D eigenvalue weighted by Crippen LogP contribution is 2.63. The van der Waals surface area contributed by atoms with E-state index in [0.29, 0.717) is 0 Å². The molecule has 0 saturated carbocycles. The van der Waals surface area contributed by atoms with Crippen molar-refractivity contribution in [3.05, 3.63) is 265 Å². The van der Waals surface area contributed by atoms with Crippen molar-refractivity contribution in [2.24, 2.45) is 0 Å². The van der Waals surface area contributed by atoms with Crippen LogP contribution in [0.4, 0.5) is 0 Å². The van der Waals surface area contributed by atoms with Gasteiger partial charge in [-0.2, -0.15) is 0 Å². The quantitative estimate of drug-likeness (QED) is 0.155. The molecule has 14 rings (SSSR count). The first kappa shape index (κ1) is 36.2. The van der Waals surface area contributed by atoms with Crippen LogP contribution in [0.1, 0.15) is 22.3 Å². The Morgan fingerprint density at radius 2 is 0.631 bits per heavy atom. The Morgan fingerprint density at radius 3 is 1.29 bits per heavy atom. The summed E-state index contributed by atoms with van der Waals surface area (Å²) in [5, 5.41) is 10.0. The van der Waals surface area contributed by atoms with Crippen molar-refractivity contribution in [2.75, 3.05) is 0 Å². The van der Waals surface area contributed by atoms with E-state index < -0.39 is 0 Å². The average molecular weight is 821 g/mol. The summed E-state index contributed by atoms with van der Waals surface area (Å²) in [5.74, 6) is 0. The van der Waals surface area contributed by atoms with Gasteiger partial charge in [0.1, 0.15) is 0 Å². The maximum atomic E-state index is 2.51. The molecule has 0 unspecified atom stereocenters. The van der Waals surface area contributed by atoms with E-state index in [-0.39, 0.29) is 5.41 Å². The van der Waals surface area contributed by atoms with Crippen LogP contribution in [0, 0.1) is 0 Å². The van der Waals surface area contributed by atoms with Crippen LogP contribution in [0.15, 0.2) is 243 Å². The van der Waals surface area contributed by atoms with Gasteiger partial charge in [-0.05, 0) is 144 Å². The molecule has 2 aliphatic rings. The van der Waals surface area contributed by atoms with E-state index in [2.05, 4.69) is 243 Å².